The van der Waals surface area contributed by atoms with E-state index in [1.165, 1.54) is 0 Å². The molecule has 0 atom stereocenters. The molecule has 0 aromatic rings. The number of rotatable bonds is 0. The third-order valence-corrected chi connectivity index (χ3v) is 0. The average Bonchev–Trinajstić information content (AvgIpc) is 0.811. The summed E-state index contributed by atoms with van der Waals surface area (Å²) in [7, 11) is 0. The van der Waals surface area contributed by atoms with Gasteiger partial charge in [0.1, 0.15) is 0 Å². The fraction of sp³-hybridized carbons (Fsp3) is 0.500. The summed E-state index contributed by atoms with van der Waals surface area (Å²) in [5.41, 5.74) is 0. The van der Waals surface area contributed by atoms with Crippen molar-refractivity contribution in [1.29, 1.82) is 0 Å². The van der Waals surface area contributed by atoms with E-state index in [9.17, 15) is 0 Å². The van der Waals surface area contributed by atoms with Crippen molar-refractivity contribution in [2.75, 3.05) is 0 Å². The Labute approximate surface area is 79.4 Å². The summed E-state index contributed by atoms with van der Waals surface area (Å²) in [6, 6.07) is 0. The molecule has 0 saturated heterocycles. The van der Waals surface area contributed by atoms with Gasteiger partial charge < -0.3 is 42.3 Å². The van der Waals surface area contributed by atoms with E-state index < -0.39 is 5.97 Å². The van der Waals surface area contributed by atoms with E-state index in [4.69, 9.17) is 9.90 Å². The second kappa shape index (κ2) is 24.6. The summed E-state index contributed by atoms with van der Waals surface area (Å²) in [5, 5.41) is 7.42. The molecule has 0 unspecified atom stereocenters. The van der Waals surface area contributed by atoms with Crippen LogP contribution < -0.4 is 37.2 Å². The van der Waals surface area contributed by atoms with Gasteiger partial charge in [-0.3, -0.25) is 4.79 Å². The second-order valence-electron chi connectivity index (χ2n) is 0.519. The Bertz CT molecular complexity index is 38.3. The zero-order chi connectivity index (χ0) is 3.58. The van der Waals surface area contributed by atoms with Crippen molar-refractivity contribution in [2.45, 2.75) is 6.92 Å². The third kappa shape index (κ3) is 267. The molecule has 2 nitrogen and oxygen atoms in total. The van der Waals surface area contributed by atoms with Crippen molar-refractivity contribution < 1.29 is 66.6 Å². The molecule has 1 N–H and O–H groups in total. The Morgan fingerprint density at radius 2 is 1.25 bits per heavy atom. The van der Waals surface area contributed by atoms with Crippen molar-refractivity contribution in [2.24, 2.45) is 0 Å². The van der Waals surface area contributed by atoms with Crippen LogP contribution in [0.2, 0.25) is 0 Å². The van der Waals surface area contributed by atoms with E-state index in [1.54, 1.807) is 0 Å². The standard InChI is InChI=1S/C2H4O2.3ClH.Ru/c1-2(3)4;;;;/h1H3,(H,3,4);3*1H;/q;;;;+3/p-3. The molecule has 0 aliphatic carbocycles. The summed E-state index contributed by atoms with van der Waals surface area (Å²) in [6.45, 7) is 1.08. The minimum absolute atomic E-state index is 0. The van der Waals surface area contributed by atoms with E-state index in [1.807, 2.05) is 0 Å². The monoisotopic (exact) mass is 267 g/mol. The number of carboxylic acid groups (broad SMARTS) is 1. The van der Waals surface area contributed by atoms with Crippen molar-refractivity contribution in [1.82, 2.24) is 0 Å². The Morgan fingerprint density at radius 1 is 1.25 bits per heavy atom. The molecule has 0 saturated carbocycles. The van der Waals surface area contributed by atoms with Crippen LogP contribution in [-0.4, -0.2) is 11.1 Å². The molecule has 0 fully saturated rings. The molecular formula is C2H4Cl3O2Ru. The predicted octanol–water partition coefficient (Wildman–Crippen LogP) is -8.90. The van der Waals surface area contributed by atoms with Crippen molar-refractivity contribution in [3.8, 4) is 0 Å². The number of halogens is 3. The molecule has 0 rings (SSSR count). The molecule has 53 valence electrons. The van der Waals surface area contributed by atoms with Crippen LogP contribution in [0.15, 0.2) is 0 Å². The van der Waals surface area contributed by atoms with E-state index in [0.717, 1.165) is 6.92 Å². The maximum absolute atomic E-state index is 9.00. The van der Waals surface area contributed by atoms with Gasteiger partial charge in [0.05, 0.1) is 0 Å². The smallest absolute Gasteiger partial charge is 1.00 e. The van der Waals surface area contributed by atoms with Gasteiger partial charge >= 0.3 is 19.5 Å². The molecule has 0 amide bonds. The fourth-order valence-corrected chi connectivity index (χ4v) is 0. The molecule has 0 spiro atoms. The maximum Gasteiger partial charge on any atom is 3.00 e. The van der Waals surface area contributed by atoms with Crippen LogP contribution in [0.3, 0.4) is 0 Å². The number of carboxylic acids is 1. The Hall–Kier alpha value is 0.963. The Balaban J connectivity index is -0.00000000750. The van der Waals surface area contributed by atoms with Gasteiger partial charge in [0.2, 0.25) is 0 Å². The zero-order valence-electron chi connectivity index (χ0n) is 3.84. The zero-order valence-corrected chi connectivity index (χ0v) is 7.85. The van der Waals surface area contributed by atoms with Gasteiger partial charge in [-0.05, 0) is 0 Å². The molecule has 0 aromatic carbocycles. The SMILES string of the molecule is CC(=O)O.[Cl-].[Cl-].[Cl-].[Ru+3]. The second-order valence-corrected chi connectivity index (χ2v) is 0.519. The molecule has 0 aliphatic rings. The van der Waals surface area contributed by atoms with Crippen LogP contribution in [-0.2, 0) is 24.3 Å². The van der Waals surface area contributed by atoms with Gasteiger partial charge in [-0.2, -0.15) is 0 Å². The number of carbonyl (C=O) groups is 1. The minimum Gasteiger partial charge on any atom is -1.00 e. The number of aliphatic carboxylic acids is 1. The van der Waals surface area contributed by atoms with Crippen LogP contribution in [0.5, 0.6) is 0 Å². The predicted molar refractivity (Wildman–Crippen MR) is 13.3 cm³/mol. The van der Waals surface area contributed by atoms with Crippen LogP contribution in [0.1, 0.15) is 6.92 Å². The van der Waals surface area contributed by atoms with Gasteiger partial charge in [0, 0.05) is 6.92 Å². The van der Waals surface area contributed by atoms with Gasteiger partial charge in [-0.25, -0.2) is 0 Å². The summed E-state index contributed by atoms with van der Waals surface area (Å²) in [4.78, 5) is 9.00. The molecular weight excluding hydrogens is 263 g/mol. The molecule has 0 heterocycles. The third-order valence-electron chi connectivity index (χ3n) is 0. The van der Waals surface area contributed by atoms with E-state index >= 15 is 0 Å². The van der Waals surface area contributed by atoms with E-state index in [2.05, 4.69) is 0 Å². The number of hydrogen-bond donors (Lipinski definition) is 1. The van der Waals surface area contributed by atoms with E-state index in [0.29, 0.717) is 0 Å². The first-order valence-corrected chi connectivity index (χ1v) is 0.928. The number of hydrogen-bond acceptors (Lipinski definition) is 1. The summed E-state index contributed by atoms with van der Waals surface area (Å²) >= 11 is 0. The average molecular weight is 267 g/mol. The fourth-order valence-electron chi connectivity index (χ4n) is 0. The summed E-state index contributed by atoms with van der Waals surface area (Å²) < 4.78 is 0. The first kappa shape index (κ1) is 36.2. The topological polar surface area (TPSA) is 37.3 Å². The van der Waals surface area contributed by atoms with Gasteiger partial charge in [-0.1, -0.05) is 0 Å². The van der Waals surface area contributed by atoms with Gasteiger partial charge in [0.15, 0.2) is 0 Å². The first-order valence-electron chi connectivity index (χ1n) is 0.928. The maximum atomic E-state index is 9.00. The quantitative estimate of drug-likeness (QED) is 0.443. The summed E-state index contributed by atoms with van der Waals surface area (Å²) in [5.74, 6) is -0.833. The Morgan fingerprint density at radius 3 is 1.25 bits per heavy atom. The largest absolute Gasteiger partial charge is 3.00 e. The minimum atomic E-state index is -0.833. The van der Waals surface area contributed by atoms with Crippen LogP contribution in [0.25, 0.3) is 0 Å². The van der Waals surface area contributed by atoms with Crippen LogP contribution in [0.4, 0.5) is 0 Å². The molecule has 6 heteroatoms. The molecule has 0 bridgehead atoms. The van der Waals surface area contributed by atoms with Crippen LogP contribution >= 0.6 is 0 Å². The van der Waals surface area contributed by atoms with Gasteiger partial charge in [-0.15, -0.1) is 0 Å². The van der Waals surface area contributed by atoms with E-state index in [-0.39, 0.29) is 56.7 Å². The molecule has 0 aliphatic heterocycles. The normalized spacial score (nSPS) is 3.12. The van der Waals surface area contributed by atoms with Crippen molar-refractivity contribution in [3.63, 3.8) is 0 Å². The van der Waals surface area contributed by atoms with Crippen molar-refractivity contribution in [3.05, 3.63) is 0 Å². The Kier molecular flexibility index (Phi) is 111. The van der Waals surface area contributed by atoms with Gasteiger partial charge in [0.25, 0.3) is 5.97 Å². The molecule has 1 radical (unpaired) electrons. The summed E-state index contributed by atoms with van der Waals surface area (Å²) in [6.07, 6.45) is 0. The molecule has 8 heavy (non-hydrogen) atoms. The first-order chi connectivity index (χ1) is 1.73. The molecule has 0 aromatic heterocycles. The van der Waals surface area contributed by atoms with Crippen molar-refractivity contribution >= 4 is 5.97 Å². The van der Waals surface area contributed by atoms with Crippen LogP contribution in [0, 0.1) is 0 Å².